The molecule has 108 valence electrons. The number of benzene rings is 1. The third-order valence-corrected chi connectivity index (χ3v) is 4.11. The lowest BCUT2D eigenvalue weighted by molar-refractivity contribution is -0.136. The van der Waals surface area contributed by atoms with Crippen molar-refractivity contribution in [3.63, 3.8) is 0 Å². The molecule has 0 saturated heterocycles. The van der Waals surface area contributed by atoms with Crippen molar-refractivity contribution >= 4 is 5.97 Å². The summed E-state index contributed by atoms with van der Waals surface area (Å²) >= 11 is 0. The minimum absolute atomic E-state index is 0.171. The van der Waals surface area contributed by atoms with Crippen LogP contribution >= 0.6 is 0 Å². The summed E-state index contributed by atoms with van der Waals surface area (Å²) in [6.07, 6.45) is 2.48. The van der Waals surface area contributed by atoms with E-state index in [1.807, 2.05) is 30.3 Å². The van der Waals surface area contributed by atoms with E-state index in [-0.39, 0.29) is 5.92 Å². The van der Waals surface area contributed by atoms with Crippen molar-refractivity contribution in [2.24, 2.45) is 11.1 Å². The molecule has 1 aliphatic rings. The quantitative estimate of drug-likeness (QED) is 0.680. The Morgan fingerprint density at radius 3 is 2.76 bits per heavy atom. The molecule has 0 spiro atoms. The Labute approximate surface area is 124 Å². The molecule has 2 N–H and O–H groups in total. The van der Waals surface area contributed by atoms with E-state index in [0.717, 1.165) is 5.56 Å². The van der Waals surface area contributed by atoms with Crippen LogP contribution in [0.5, 0.6) is 0 Å². The maximum Gasteiger partial charge on any atom is 0.335 e. The first-order valence-corrected chi connectivity index (χ1v) is 6.75. The predicted molar refractivity (Wildman–Crippen MR) is 79.9 cm³/mol. The van der Waals surface area contributed by atoms with Gasteiger partial charge in [-0.1, -0.05) is 36.4 Å². The Balaban J connectivity index is 2.56. The summed E-state index contributed by atoms with van der Waals surface area (Å²) < 4.78 is 4.79. The topological polar surface area (TPSA) is 76.1 Å². The summed E-state index contributed by atoms with van der Waals surface area (Å²) in [4.78, 5) is 11.9. The molecule has 0 heterocycles. The van der Waals surface area contributed by atoms with Gasteiger partial charge in [0.2, 0.25) is 0 Å². The zero-order valence-electron chi connectivity index (χ0n) is 12.0. The van der Waals surface area contributed by atoms with Crippen molar-refractivity contribution in [3.8, 4) is 6.07 Å². The van der Waals surface area contributed by atoms with Crippen molar-refractivity contribution in [1.82, 2.24) is 0 Å². The molecule has 1 aromatic carbocycles. The molecule has 0 fully saturated rings. The molecule has 4 nitrogen and oxygen atoms in total. The fraction of sp³-hybridized carbons (Fsp3) is 0.294. The van der Waals surface area contributed by atoms with Crippen LogP contribution in [0.3, 0.4) is 0 Å². The zero-order valence-corrected chi connectivity index (χ0v) is 12.0. The minimum atomic E-state index is -0.938. The second-order valence-electron chi connectivity index (χ2n) is 5.13. The molecule has 4 heteroatoms. The highest BCUT2D eigenvalue weighted by Gasteiger charge is 2.49. The summed E-state index contributed by atoms with van der Waals surface area (Å²) in [6.45, 7) is 3.72. The largest absolute Gasteiger partial charge is 0.466 e. The highest BCUT2D eigenvalue weighted by atomic mass is 16.5. The number of nitrogens with two attached hydrogens (primary N) is 1. The van der Waals surface area contributed by atoms with Gasteiger partial charge in [-0.2, -0.15) is 5.26 Å². The van der Waals surface area contributed by atoms with Crippen LogP contribution in [-0.2, 0) is 9.53 Å². The number of ether oxygens (including phenoxy) is 1. The average Bonchev–Trinajstić information content (AvgIpc) is 2.81. The molecule has 0 saturated carbocycles. The normalized spacial score (nSPS) is 24.5. The molecule has 1 aromatic rings. The lowest BCUT2D eigenvalue weighted by Crippen LogP contribution is -2.29. The standard InChI is InChI=1S/C17H18N2O2/c1-3-9-17(11-18)14(12-7-5-4-6-8-12)10-13(15(17)19)16(20)21-2/h3-8,14H,1,9-10,19H2,2H3/t14-,17-/m0/s1. The van der Waals surface area contributed by atoms with Crippen LogP contribution in [0.1, 0.15) is 24.3 Å². The molecule has 21 heavy (non-hydrogen) atoms. The van der Waals surface area contributed by atoms with E-state index in [0.29, 0.717) is 24.1 Å². The van der Waals surface area contributed by atoms with Gasteiger partial charge in [0.15, 0.2) is 0 Å². The van der Waals surface area contributed by atoms with E-state index in [1.54, 1.807) is 6.08 Å². The van der Waals surface area contributed by atoms with Gasteiger partial charge in [-0.3, -0.25) is 0 Å². The first-order chi connectivity index (χ1) is 10.1. The third kappa shape index (κ3) is 2.31. The summed E-state index contributed by atoms with van der Waals surface area (Å²) in [5, 5.41) is 9.76. The van der Waals surface area contributed by atoms with Gasteiger partial charge in [0.05, 0.1) is 18.8 Å². The van der Waals surface area contributed by atoms with Crippen molar-refractivity contribution in [2.75, 3.05) is 7.11 Å². The van der Waals surface area contributed by atoms with Gasteiger partial charge in [0.25, 0.3) is 0 Å². The lowest BCUT2D eigenvalue weighted by Gasteiger charge is -2.29. The van der Waals surface area contributed by atoms with Crippen molar-refractivity contribution in [1.29, 1.82) is 5.26 Å². The summed E-state index contributed by atoms with van der Waals surface area (Å²) in [7, 11) is 1.32. The Bertz CT molecular complexity index is 628. The Hall–Kier alpha value is -2.54. The summed E-state index contributed by atoms with van der Waals surface area (Å²) in [6, 6.07) is 12.0. The minimum Gasteiger partial charge on any atom is -0.466 e. The number of nitrogens with zero attached hydrogens (tertiary/aromatic N) is 1. The highest BCUT2D eigenvalue weighted by molar-refractivity contribution is 5.90. The van der Waals surface area contributed by atoms with Crippen LogP contribution in [0, 0.1) is 16.7 Å². The molecule has 0 radical (unpaired) electrons. The SMILES string of the molecule is C=CC[C@@]1(C#N)C(N)=C(C(=O)OC)C[C@H]1c1ccccc1. The molecular weight excluding hydrogens is 264 g/mol. The fourth-order valence-electron chi connectivity index (χ4n) is 3.01. The van der Waals surface area contributed by atoms with Gasteiger partial charge in [-0.15, -0.1) is 6.58 Å². The van der Waals surface area contributed by atoms with Gasteiger partial charge in [0.1, 0.15) is 5.41 Å². The van der Waals surface area contributed by atoms with E-state index in [2.05, 4.69) is 12.6 Å². The van der Waals surface area contributed by atoms with E-state index >= 15 is 0 Å². The number of hydrogen-bond donors (Lipinski definition) is 1. The number of carbonyl (C=O) groups is 1. The van der Waals surface area contributed by atoms with Gasteiger partial charge in [-0.25, -0.2) is 4.79 Å². The maximum atomic E-state index is 11.9. The second-order valence-corrected chi connectivity index (χ2v) is 5.13. The Morgan fingerprint density at radius 2 is 2.24 bits per heavy atom. The van der Waals surface area contributed by atoms with E-state index in [1.165, 1.54) is 7.11 Å². The Kier molecular flexibility index (Phi) is 4.13. The number of methoxy groups -OCH3 is 1. The first-order valence-electron chi connectivity index (χ1n) is 6.75. The van der Waals surface area contributed by atoms with Crippen molar-refractivity contribution < 1.29 is 9.53 Å². The number of allylic oxidation sites excluding steroid dienone is 2. The van der Waals surface area contributed by atoms with Crippen LogP contribution in [-0.4, -0.2) is 13.1 Å². The number of rotatable bonds is 4. The molecular formula is C17H18N2O2. The van der Waals surface area contributed by atoms with Gasteiger partial charge < -0.3 is 10.5 Å². The fourth-order valence-corrected chi connectivity index (χ4v) is 3.01. The Morgan fingerprint density at radius 1 is 1.57 bits per heavy atom. The summed E-state index contributed by atoms with van der Waals surface area (Å²) in [5.74, 6) is -0.634. The van der Waals surface area contributed by atoms with E-state index in [4.69, 9.17) is 10.5 Å². The third-order valence-electron chi connectivity index (χ3n) is 4.11. The molecule has 0 aliphatic heterocycles. The van der Waals surface area contributed by atoms with Crippen LogP contribution in [0.15, 0.2) is 54.3 Å². The molecule has 0 amide bonds. The molecule has 0 unspecified atom stereocenters. The highest BCUT2D eigenvalue weighted by Crippen LogP contribution is 2.53. The first kappa shape index (κ1) is 14.9. The van der Waals surface area contributed by atoms with Crippen LogP contribution in [0.25, 0.3) is 0 Å². The summed E-state index contributed by atoms with van der Waals surface area (Å²) in [5.41, 5.74) is 6.93. The molecule has 0 bridgehead atoms. The lowest BCUT2D eigenvalue weighted by atomic mass is 9.72. The van der Waals surface area contributed by atoms with Crippen LogP contribution < -0.4 is 5.73 Å². The van der Waals surface area contributed by atoms with Crippen molar-refractivity contribution in [2.45, 2.75) is 18.8 Å². The predicted octanol–water partition coefficient (Wildman–Crippen LogP) is 2.65. The van der Waals surface area contributed by atoms with Gasteiger partial charge in [0, 0.05) is 11.6 Å². The number of carbonyl (C=O) groups excluding carboxylic acids is 1. The smallest absolute Gasteiger partial charge is 0.335 e. The van der Waals surface area contributed by atoms with Crippen LogP contribution in [0.4, 0.5) is 0 Å². The van der Waals surface area contributed by atoms with Crippen molar-refractivity contribution in [3.05, 3.63) is 59.8 Å². The molecule has 0 aromatic heterocycles. The average molecular weight is 282 g/mol. The van der Waals surface area contributed by atoms with Crippen LogP contribution in [0.2, 0.25) is 0 Å². The van der Waals surface area contributed by atoms with Gasteiger partial charge in [-0.05, 0) is 18.4 Å². The number of nitriles is 1. The number of esters is 1. The van der Waals surface area contributed by atoms with E-state index < -0.39 is 11.4 Å². The maximum absolute atomic E-state index is 11.9. The number of hydrogen-bond acceptors (Lipinski definition) is 4. The monoisotopic (exact) mass is 282 g/mol. The van der Waals surface area contributed by atoms with Gasteiger partial charge >= 0.3 is 5.97 Å². The molecule has 1 aliphatic carbocycles. The van der Waals surface area contributed by atoms with E-state index in [9.17, 15) is 10.1 Å². The molecule has 2 rings (SSSR count). The second kappa shape index (κ2) is 5.84. The molecule has 2 atom stereocenters. The zero-order chi connectivity index (χ0) is 15.5.